The first kappa shape index (κ1) is 19.4. The molecule has 2 aromatic rings. The Morgan fingerprint density at radius 2 is 2.00 bits per heavy atom. The number of rotatable bonds is 6. The van der Waals surface area contributed by atoms with Gasteiger partial charge in [0.2, 0.25) is 0 Å². The predicted octanol–water partition coefficient (Wildman–Crippen LogP) is 4.41. The Bertz CT molecular complexity index is 1010. The average molecular weight is 397 g/mol. The van der Waals surface area contributed by atoms with Crippen molar-refractivity contribution in [3.05, 3.63) is 76.8 Å². The lowest BCUT2D eigenvalue weighted by molar-refractivity contribution is -0.114. The number of hydrazone groups is 1. The number of anilines is 1. The molecule has 6 nitrogen and oxygen atoms in total. The third kappa shape index (κ3) is 3.97. The van der Waals surface area contributed by atoms with E-state index in [1.54, 1.807) is 37.3 Å². The molecule has 0 saturated heterocycles. The van der Waals surface area contributed by atoms with E-state index >= 15 is 0 Å². The molecule has 142 valence electrons. The maximum atomic E-state index is 12.8. The van der Waals surface area contributed by atoms with Crippen molar-refractivity contribution in [2.75, 3.05) is 11.6 Å². The summed E-state index contributed by atoms with van der Waals surface area (Å²) in [6.07, 6.45) is 3.39. The molecular weight excluding hydrogens is 380 g/mol. The third-order valence-corrected chi connectivity index (χ3v) is 4.38. The molecule has 1 amide bonds. The molecule has 7 heteroatoms. The largest absolute Gasteiger partial charge is 0.490 e. The Kier molecular flexibility index (Phi) is 5.61. The number of halogens is 1. The zero-order valence-corrected chi connectivity index (χ0v) is 15.8. The second kappa shape index (κ2) is 8.10. The van der Waals surface area contributed by atoms with Crippen LogP contribution in [0, 0.1) is 0 Å². The normalized spacial score (nSPS) is 14.9. The van der Waals surface area contributed by atoms with Crippen molar-refractivity contribution in [1.29, 1.82) is 0 Å². The van der Waals surface area contributed by atoms with Gasteiger partial charge in [0.1, 0.15) is 12.4 Å². The third-order valence-electron chi connectivity index (χ3n) is 4.05. The molecule has 0 unspecified atom stereocenters. The number of benzene rings is 2. The highest BCUT2D eigenvalue weighted by molar-refractivity contribution is 6.34. The molecule has 0 aliphatic carbocycles. The van der Waals surface area contributed by atoms with Crippen LogP contribution in [-0.2, 0) is 4.79 Å². The summed E-state index contributed by atoms with van der Waals surface area (Å²) in [5.41, 5.74) is 2.01. The number of carboxylic acid groups (broad SMARTS) is 1. The van der Waals surface area contributed by atoms with Crippen molar-refractivity contribution in [2.24, 2.45) is 5.10 Å². The van der Waals surface area contributed by atoms with Gasteiger partial charge < -0.3 is 9.84 Å². The van der Waals surface area contributed by atoms with Crippen LogP contribution in [0.3, 0.4) is 0 Å². The fourth-order valence-corrected chi connectivity index (χ4v) is 2.85. The standard InChI is InChI=1S/C21H17ClN2O4/c1-3-10-28-16-7-4-14(5-8-16)11-17-13(2)23-24(20(17)25)15-6-9-19(22)18(12-15)21(26)27/h3-9,11-12H,1,10H2,2H3,(H,26,27)/b17-11-. The number of hydrogen-bond acceptors (Lipinski definition) is 4. The SMILES string of the molecule is C=CCOc1ccc(/C=C2\C(=O)N(c3ccc(Cl)c(C(=O)O)c3)N=C2C)cc1. The van der Waals surface area contributed by atoms with Crippen molar-refractivity contribution < 1.29 is 19.4 Å². The minimum atomic E-state index is -1.17. The fraction of sp³-hybridized carbons (Fsp3) is 0.0952. The molecule has 1 aliphatic rings. The summed E-state index contributed by atoms with van der Waals surface area (Å²) >= 11 is 5.90. The molecule has 1 heterocycles. The van der Waals surface area contributed by atoms with E-state index in [-0.39, 0.29) is 16.5 Å². The van der Waals surface area contributed by atoms with Gasteiger partial charge >= 0.3 is 5.97 Å². The average Bonchev–Trinajstić information content (AvgIpc) is 2.96. The molecule has 28 heavy (non-hydrogen) atoms. The quantitative estimate of drug-likeness (QED) is 0.579. The molecule has 0 spiro atoms. The molecule has 1 aliphatic heterocycles. The molecule has 1 N–H and O–H groups in total. The highest BCUT2D eigenvalue weighted by atomic mass is 35.5. The zero-order chi connectivity index (χ0) is 20.3. The van der Waals surface area contributed by atoms with Gasteiger partial charge in [-0.3, -0.25) is 4.79 Å². The van der Waals surface area contributed by atoms with E-state index in [2.05, 4.69) is 11.7 Å². The number of ether oxygens (including phenoxy) is 1. The number of amides is 1. The van der Waals surface area contributed by atoms with Gasteiger partial charge in [0.25, 0.3) is 5.91 Å². The summed E-state index contributed by atoms with van der Waals surface area (Å²) in [6, 6.07) is 11.6. The van der Waals surface area contributed by atoms with Crippen LogP contribution in [0.5, 0.6) is 5.75 Å². The maximum absolute atomic E-state index is 12.8. The number of nitrogens with zero attached hydrogens (tertiary/aromatic N) is 2. The van der Waals surface area contributed by atoms with E-state index in [0.29, 0.717) is 29.3 Å². The van der Waals surface area contributed by atoms with Gasteiger partial charge in [0.05, 0.1) is 27.6 Å². The lowest BCUT2D eigenvalue weighted by Gasteiger charge is -2.13. The summed E-state index contributed by atoms with van der Waals surface area (Å²) in [4.78, 5) is 24.1. The van der Waals surface area contributed by atoms with Crippen LogP contribution < -0.4 is 9.75 Å². The Labute approximate surface area is 167 Å². The topological polar surface area (TPSA) is 79.2 Å². The van der Waals surface area contributed by atoms with Gasteiger partial charge in [-0.05, 0) is 48.9 Å². The highest BCUT2D eigenvalue weighted by Crippen LogP contribution is 2.29. The first-order valence-electron chi connectivity index (χ1n) is 8.39. The summed E-state index contributed by atoms with van der Waals surface area (Å²) < 4.78 is 5.44. The minimum absolute atomic E-state index is 0.0904. The van der Waals surface area contributed by atoms with E-state index < -0.39 is 5.97 Å². The van der Waals surface area contributed by atoms with Crippen LogP contribution in [0.1, 0.15) is 22.8 Å². The molecule has 0 aromatic heterocycles. The maximum Gasteiger partial charge on any atom is 0.337 e. The minimum Gasteiger partial charge on any atom is -0.490 e. The van der Waals surface area contributed by atoms with E-state index in [4.69, 9.17) is 16.3 Å². The second-order valence-electron chi connectivity index (χ2n) is 6.00. The van der Waals surface area contributed by atoms with E-state index in [9.17, 15) is 14.7 Å². The van der Waals surface area contributed by atoms with Crippen LogP contribution in [0.25, 0.3) is 6.08 Å². The number of carboxylic acids is 1. The van der Waals surface area contributed by atoms with Gasteiger partial charge in [-0.15, -0.1) is 0 Å². The zero-order valence-electron chi connectivity index (χ0n) is 15.1. The summed E-state index contributed by atoms with van der Waals surface area (Å²) in [7, 11) is 0. The summed E-state index contributed by atoms with van der Waals surface area (Å²) in [5.74, 6) is -0.814. The Balaban J connectivity index is 1.86. The first-order valence-corrected chi connectivity index (χ1v) is 8.77. The van der Waals surface area contributed by atoms with Crippen molar-refractivity contribution in [2.45, 2.75) is 6.92 Å². The Morgan fingerprint density at radius 1 is 1.29 bits per heavy atom. The molecule has 0 fully saturated rings. The molecule has 2 aromatic carbocycles. The summed E-state index contributed by atoms with van der Waals surface area (Å²) in [6.45, 7) is 5.74. The van der Waals surface area contributed by atoms with Gasteiger partial charge in [-0.1, -0.05) is 36.4 Å². The van der Waals surface area contributed by atoms with Gasteiger partial charge in [0, 0.05) is 0 Å². The van der Waals surface area contributed by atoms with Crippen LogP contribution in [-0.4, -0.2) is 29.3 Å². The van der Waals surface area contributed by atoms with Crippen molar-refractivity contribution in [1.82, 2.24) is 0 Å². The van der Waals surface area contributed by atoms with Gasteiger partial charge in [-0.2, -0.15) is 10.1 Å². The molecule has 0 bridgehead atoms. The second-order valence-corrected chi connectivity index (χ2v) is 6.41. The van der Waals surface area contributed by atoms with Crippen molar-refractivity contribution >= 4 is 41.0 Å². The highest BCUT2D eigenvalue weighted by Gasteiger charge is 2.29. The van der Waals surface area contributed by atoms with Crippen molar-refractivity contribution in [3.8, 4) is 5.75 Å². The number of carbonyl (C=O) groups is 2. The van der Waals surface area contributed by atoms with E-state index in [1.807, 2.05) is 12.1 Å². The first-order chi connectivity index (χ1) is 13.4. The van der Waals surface area contributed by atoms with Crippen LogP contribution in [0.15, 0.2) is 65.8 Å². The Hall–Kier alpha value is -3.38. The fourth-order valence-electron chi connectivity index (χ4n) is 2.65. The van der Waals surface area contributed by atoms with E-state index in [1.165, 1.54) is 17.1 Å². The number of hydrogen-bond donors (Lipinski definition) is 1. The number of carbonyl (C=O) groups excluding carboxylic acids is 1. The Morgan fingerprint density at radius 3 is 2.64 bits per heavy atom. The van der Waals surface area contributed by atoms with Crippen LogP contribution >= 0.6 is 11.6 Å². The van der Waals surface area contributed by atoms with Crippen LogP contribution in [0.2, 0.25) is 5.02 Å². The van der Waals surface area contributed by atoms with Crippen molar-refractivity contribution in [3.63, 3.8) is 0 Å². The summed E-state index contributed by atoms with van der Waals surface area (Å²) in [5, 5.41) is 14.8. The molecule has 0 radical (unpaired) electrons. The smallest absolute Gasteiger partial charge is 0.337 e. The van der Waals surface area contributed by atoms with Gasteiger partial charge in [-0.25, -0.2) is 4.79 Å². The molecule has 0 atom stereocenters. The van der Waals surface area contributed by atoms with Gasteiger partial charge in [0.15, 0.2) is 0 Å². The molecular formula is C21H17ClN2O4. The molecule has 3 rings (SSSR count). The molecule has 0 saturated carbocycles. The lowest BCUT2D eigenvalue weighted by Crippen LogP contribution is -2.21. The predicted molar refractivity (Wildman–Crippen MR) is 109 cm³/mol. The lowest BCUT2D eigenvalue weighted by atomic mass is 10.1. The van der Waals surface area contributed by atoms with E-state index in [0.717, 1.165) is 5.56 Å². The monoisotopic (exact) mass is 396 g/mol. The van der Waals surface area contributed by atoms with Crippen LogP contribution in [0.4, 0.5) is 5.69 Å². The number of aromatic carboxylic acids is 1.